The van der Waals surface area contributed by atoms with Gasteiger partial charge >= 0.3 is 0 Å². The van der Waals surface area contributed by atoms with Crippen molar-refractivity contribution in [2.45, 2.75) is 6.42 Å². The summed E-state index contributed by atoms with van der Waals surface area (Å²) in [7, 11) is 2.19. The van der Waals surface area contributed by atoms with E-state index in [-0.39, 0.29) is 5.41 Å². The number of hydrogen-bond donors (Lipinski definition) is 0. The standard InChI is InChI=1S/C19H22N4S/c1-22-8-10-23(11-9-22)17-5-7-21-18-3-2-15(4-6-20)12-19(18)14-24-13-16(17)19/h2-5,7H,8-14H2,1H3. The minimum absolute atomic E-state index is 0.0235. The van der Waals surface area contributed by atoms with Gasteiger partial charge in [-0.05, 0) is 36.8 Å². The van der Waals surface area contributed by atoms with Crippen molar-refractivity contribution < 1.29 is 0 Å². The van der Waals surface area contributed by atoms with Gasteiger partial charge in [0.2, 0.25) is 0 Å². The molecule has 0 aromatic rings. The van der Waals surface area contributed by atoms with Crippen LogP contribution in [-0.2, 0) is 0 Å². The van der Waals surface area contributed by atoms with Crippen molar-refractivity contribution in [2.75, 3.05) is 44.7 Å². The summed E-state index contributed by atoms with van der Waals surface area (Å²) in [6.07, 6.45) is 11.0. The molecule has 1 atom stereocenters. The lowest BCUT2D eigenvalue weighted by molar-refractivity contribution is 0.188. The van der Waals surface area contributed by atoms with Gasteiger partial charge in [0.15, 0.2) is 0 Å². The van der Waals surface area contributed by atoms with Crippen LogP contribution in [0.1, 0.15) is 6.42 Å². The van der Waals surface area contributed by atoms with E-state index in [4.69, 9.17) is 10.3 Å². The Kier molecular flexibility index (Phi) is 4.11. The maximum absolute atomic E-state index is 9.06. The van der Waals surface area contributed by atoms with Crippen molar-refractivity contribution in [3.05, 3.63) is 47.3 Å². The van der Waals surface area contributed by atoms with Crippen LogP contribution in [0.3, 0.4) is 0 Å². The van der Waals surface area contributed by atoms with E-state index < -0.39 is 0 Å². The normalized spacial score (nSPS) is 31.6. The lowest BCUT2D eigenvalue weighted by Crippen LogP contribution is -2.45. The number of allylic oxidation sites excluding steroid dienone is 5. The largest absolute Gasteiger partial charge is 0.369 e. The number of nitrogens with zero attached hydrogens (tertiary/aromatic N) is 4. The predicted molar refractivity (Wildman–Crippen MR) is 99.9 cm³/mol. The molecule has 2 fully saturated rings. The Morgan fingerprint density at radius 1 is 1.25 bits per heavy atom. The minimum Gasteiger partial charge on any atom is -0.369 e. The van der Waals surface area contributed by atoms with Crippen molar-refractivity contribution in [1.82, 2.24) is 9.80 Å². The van der Waals surface area contributed by atoms with Gasteiger partial charge in [0, 0.05) is 61.1 Å². The maximum atomic E-state index is 9.06. The van der Waals surface area contributed by atoms with E-state index in [9.17, 15) is 0 Å². The van der Waals surface area contributed by atoms with E-state index in [0.29, 0.717) is 0 Å². The van der Waals surface area contributed by atoms with E-state index in [1.54, 1.807) is 6.08 Å². The molecule has 0 N–H and O–H groups in total. The van der Waals surface area contributed by atoms with E-state index in [0.717, 1.165) is 55.4 Å². The van der Waals surface area contributed by atoms with Gasteiger partial charge in [-0.1, -0.05) is 6.08 Å². The molecule has 4 nitrogen and oxygen atoms in total. The fraction of sp³-hybridized carbons (Fsp3) is 0.474. The van der Waals surface area contributed by atoms with Crippen molar-refractivity contribution in [3.8, 4) is 6.07 Å². The van der Waals surface area contributed by atoms with Gasteiger partial charge in [-0.3, -0.25) is 4.99 Å². The summed E-state index contributed by atoms with van der Waals surface area (Å²) in [5.41, 5.74) is 5.15. The lowest BCUT2D eigenvalue weighted by atomic mass is 9.70. The van der Waals surface area contributed by atoms with E-state index in [2.05, 4.69) is 41.1 Å². The first-order valence-corrected chi connectivity index (χ1v) is 9.65. The van der Waals surface area contributed by atoms with Crippen LogP contribution in [0.4, 0.5) is 0 Å². The number of hydrogen-bond acceptors (Lipinski definition) is 5. The molecule has 1 spiro atoms. The zero-order valence-electron chi connectivity index (χ0n) is 14.0. The van der Waals surface area contributed by atoms with Gasteiger partial charge in [0.1, 0.15) is 0 Å². The summed E-state index contributed by atoms with van der Waals surface area (Å²) in [4.78, 5) is 9.70. The van der Waals surface area contributed by atoms with Gasteiger partial charge in [-0.2, -0.15) is 17.0 Å². The molecule has 124 valence electrons. The van der Waals surface area contributed by atoms with Crippen molar-refractivity contribution in [1.29, 1.82) is 5.26 Å². The fourth-order valence-corrected chi connectivity index (χ4v) is 5.59. The van der Waals surface area contributed by atoms with Crippen LogP contribution >= 0.6 is 11.8 Å². The molecule has 1 aliphatic carbocycles. The molecule has 3 heterocycles. The average molecular weight is 338 g/mol. The Morgan fingerprint density at radius 3 is 2.88 bits per heavy atom. The highest BCUT2D eigenvalue weighted by molar-refractivity contribution is 7.99. The number of likely N-dealkylation sites (N-methyl/N-ethyl adjacent to an activating group) is 1. The second-order valence-corrected chi connectivity index (χ2v) is 7.90. The zero-order chi connectivity index (χ0) is 16.6. The van der Waals surface area contributed by atoms with Gasteiger partial charge < -0.3 is 9.80 Å². The molecule has 5 heteroatoms. The minimum atomic E-state index is -0.0235. The second kappa shape index (κ2) is 6.27. The van der Waals surface area contributed by atoms with Crippen LogP contribution in [0.15, 0.2) is 52.3 Å². The smallest absolute Gasteiger partial charge is 0.0914 e. The number of nitriles is 1. The molecular formula is C19H22N4S. The fourth-order valence-electron chi connectivity index (χ4n) is 4.08. The Labute approximate surface area is 147 Å². The summed E-state index contributed by atoms with van der Waals surface area (Å²) in [5, 5.41) is 9.06. The number of thioether (sulfide) groups is 1. The third-order valence-electron chi connectivity index (χ3n) is 5.47. The monoisotopic (exact) mass is 338 g/mol. The molecule has 24 heavy (non-hydrogen) atoms. The molecule has 0 radical (unpaired) electrons. The predicted octanol–water partition coefficient (Wildman–Crippen LogP) is 2.60. The third kappa shape index (κ3) is 2.54. The summed E-state index contributed by atoms with van der Waals surface area (Å²) in [5.74, 6) is 2.13. The molecule has 0 amide bonds. The highest BCUT2D eigenvalue weighted by Crippen LogP contribution is 2.51. The Morgan fingerprint density at radius 2 is 2.08 bits per heavy atom. The zero-order valence-corrected chi connectivity index (χ0v) is 14.9. The van der Waals surface area contributed by atoms with Gasteiger partial charge in [-0.25, -0.2) is 0 Å². The van der Waals surface area contributed by atoms with Crippen LogP contribution in [-0.4, -0.2) is 60.2 Å². The van der Waals surface area contributed by atoms with E-state index in [1.165, 1.54) is 11.3 Å². The van der Waals surface area contributed by atoms with Crippen molar-refractivity contribution in [3.63, 3.8) is 0 Å². The van der Waals surface area contributed by atoms with Crippen LogP contribution in [0.2, 0.25) is 0 Å². The van der Waals surface area contributed by atoms with E-state index >= 15 is 0 Å². The maximum Gasteiger partial charge on any atom is 0.0914 e. The molecule has 2 saturated heterocycles. The molecule has 3 aliphatic heterocycles. The van der Waals surface area contributed by atoms with Gasteiger partial charge in [-0.15, -0.1) is 0 Å². The van der Waals surface area contributed by atoms with Crippen molar-refractivity contribution >= 4 is 17.5 Å². The summed E-state index contributed by atoms with van der Waals surface area (Å²) in [6, 6.07) is 2.20. The van der Waals surface area contributed by atoms with Crippen LogP contribution in [0.5, 0.6) is 0 Å². The molecule has 0 bridgehead atoms. The molecule has 0 saturated carbocycles. The summed E-state index contributed by atoms with van der Waals surface area (Å²) in [6.45, 7) is 4.37. The first-order valence-electron chi connectivity index (χ1n) is 8.49. The number of piperazine rings is 1. The van der Waals surface area contributed by atoms with E-state index in [1.807, 2.05) is 18.0 Å². The SMILES string of the molecule is CN1CCN(C2=C3CSCC34CC(=CC#N)C=CC4=NC=C2)CC1. The van der Waals surface area contributed by atoms with Gasteiger partial charge in [0.05, 0.1) is 11.8 Å². The Balaban J connectivity index is 1.77. The molecular weight excluding hydrogens is 316 g/mol. The topological polar surface area (TPSA) is 42.6 Å². The molecule has 4 aliphatic rings. The average Bonchev–Trinajstić information content (AvgIpc) is 2.91. The summed E-state index contributed by atoms with van der Waals surface area (Å²) >= 11 is 2.00. The number of aliphatic imine (C=N–C) groups is 1. The van der Waals surface area contributed by atoms with Crippen LogP contribution < -0.4 is 0 Å². The Bertz CT molecular complexity index is 729. The summed E-state index contributed by atoms with van der Waals surface area (Å²) < 4.78 is 0. The van der Waals surface area contributed by atoms with Gasteiger partial charge in [0.25, 0.3) is 0 Å². The molecule has 0 aromatic heterocycles. The molecule has 0 aromatic carbocycles. The first kappa shape index (κ1) is 15.7. The molecule has 4 rings (SSSR count). The van der Waals surface area contributed by atoms with Crippen molar-refractivity contribution in [2.24, 2.45) is 10.4 Å². The molecule has 1 unspecified atom stereocenters. The van der Waals surface area contributed by atoms with Crippen LogP contribution in [0.25, 0.3) is 0 Å². The highest BCUT2D eigenvalue weighted by atomic mass is 32.2. The first-order chi connectivity index (χ1) is 11.7. The quantitative estimate of drug-likeness (QED) is 0.689. The highest BCUT2D eigenvalue weighted by Gasteiger charge is 2.46. The second-order valence-electron chi connectivity index (χ2n) is 6.92. The van der Waals surface area contributed by atoms with Crippen LogP contribution in [0, 0.1) is 16.7 Å². The Hall–Kier alpha value is -1.77. The number of rotatable bonds is 1. The third-order valence-corrected chi connectivity index (χ3v) is 6.66. The lowest BCUT2D eigenvalue weighted by Gasteiger charge is -2.39.